The Balaban J connectivity index is 1.67. The van der Waals surface area contributed by atoms with Gasteiger partial charge in [-0.1, -0.05) is 17.3 Å². The second-order valence-corrected chi connectivity index (χ2v) is 6.32. The number of nitrogens with zero attached hydrogens (tertiary/aromatic N) is 1. The van der Waals surface area contributed by atoms with Crippen LogP contribution in [0, 0.1) is 12.7 Å². The monoisotopic (exact) mass is 353 g/mol. The molecule has 0 radical (unpaired) electrons. The van der Waals surface area contributed by atoms with Crippen molar-refractivity contribution in [3.8, 4) is 11.3 Å². The molecule has 1 amide bonds. The first kappa shape index (κ1) is 16.3. The molecule has 0 unspecified atom stereocenters. The number of carbonyl (C=O) groups is 2. The fourth-order valence-electron chi connectivity index (χ4n) is 2.77. The molecule has 7 heteroatoms. The SMILES string of the molecule is Cc1onc(-c2ccccc2F)c1C(=O)c1c[nH]c(C(=O)NC2CC2)c1. The number of ketones is 1. The van der Waals surface area contributed by atoms with Crippen molar-refractivity contribution in [2.75, 3.05) is 0 Å². The van der Waals surface area contributed by atoms with E-state index < -0.39 is 5.82 Å². The third-order valence-corrected chi connectivity index (χ3v) is 4.32. The lowest BCUT2D eigenvalue weighted by atomic mass is 9.99. The molecule has 1 aliphatic carbocycles. The normalized spacial score (nSPS) is 13.6. The Bertz CT molecular complexity index is 1000. The van der Waals surface area contributed by atoms with Crippen molar-refractivity contribution in [1.29, 1.82) is 0 Å². The van der Waals surface area contributed by atoms with Crippen LogP contribution < -0.4 is 5.32 Å². The summed E-state index contributed by atoms with van der Waals surface area (Å²) in [6, 6.07) is 7.76. The summed E-state index contributed by atoms with van der Waals surface area (Å²) in [6.07, 6.45) is 3.41. The summed E-state index contributed by atoms with van der Waals surface area (Å²) in [5.41, 5.74) is 1.12. The van der Waals surface area contributed by atoms with Gasteiger partial charge in [-0.2, -0.15) is 0 Å². The minimum Gasteiger partial charge on any atom is -0.360 e. The summed E-state index contributed by atoms with van der Waals surface area (Å²) in [6.45, 7) is 1.60. The minimum atomic E-state index is -0.492. The molecule has 0 bridgehead atoms. The Labute approximate surface area is 148 Å². The summed E-state index contributed by atoms with van der Waals surface area (Å²) >= 11 is 0. The van der Waals surface area contributed by atoms with Crippen molar-refractivity contribution in [1.82, 2.24) is 15.5 Å². The lowest BCUT2D eigenvalue weighted by molar-refractivity contribution is 0.0946. The lowest BCUT2D eigenvalue weighted by Crippen LogP contribution is -2.25. The van der Waals surface area contributed by atoms with Crippen molar-refractivity contribution in [3.63, 3.8) is 0 Å². The fourth-order valence-corrected chi connectivity index (χ4v) is 2.77. The number of aryl methyl sites for hydroxylation is 1. The summed E-state index contributed by atoms with van der Waals surface area (Å²) in [4.78, 5) is 27.8. The molecule has 0 saturated heterocycles. The molecule has 2 N–H and O–H groups in total. The molecule has 0 aliphatic heterocycles. The molecule has 2 heterocycles. The zero-order valence-electron chi connectivity index (χ0n) is 14.0. The van der Waals surface area contributed by atoms with E-state index >= 15 is 0 Å². The van der Waals surface area contributed by atoms with E-state index in [9.17, 15) is 14.0 Å². The van der Waals surface area contributed by atoms with Gasteiger partial charge < -0.3 is 14.8 Å². The van der Waals surface area contributed by atoms with Crippen LogP contribution >= 0.6 is 0 Å². The lowest BCUT2D eigenvalue weighted by Gasteiger charge is -2.02. The number of aromatic nitrogens is 2. The van der Waals surface area contributed by atoms with E-state index in [2.05, 4.69) is 15.5 Å². The maximum Gasteiger partial charge on any atom is 0.267 e. The maximum absolute atomic E-state index is 14.1. The standard InChI is InChI=1S/C19H16FN3O3/c1-10-16(17(23-26-10)13-4-2-3-5-14(13)20)18(24)11-8-15(21-9-11)19(25)22-12-6-7-12/h2-5,8-9,12,21H,6-7H2,1H3,(H,22,25). The highest BCUT2D eigenvalue weighted by atomic mass is 19.1. The maximum atomic E-state index is 14.1. The van der Waals surface area contributed by atoms with Crippen LogP contribution in [-0.4, -0.2) is 27.9 Å². The van der Waals surface area contributed by atoms with Gasteiger partial charge in [0.25, 0.3) is 5.91 Å². The number of amides is 1. The molecule has 1 fully saturated rings. The van der Waals surface area contributed by atoms with E-state index in [1.54, 1.807) is 19.1 Å². The zero-order valence-corrected chi connectivity index (χ0v) is 14.0. The highest BCUT2D eigenvalue weighted by molar-refractivity contribution is 6.13. The number of H-pyrrole nitrogens is 1. The molecular weight excluding hydrogens is 337 g/mol. The van der Waals surface area contributed by atoms with Gasteiger partial charge in [-0.3, -0.25) is 9.59 Å². The Morgan fingerprint density at radius 2 is 2.08 bits per heavy atom. The number of carbonyl (C=O) groups excluding carboxylic acids is 2. The van der Waals surface area contributed by atoms with E-state index in [0.29, 0.717) is 11.5 Å². The van der Waals surface area contributed by atoms with Gasteiger partial charge in [-0.05, 0) is 38.0 Å². The molecule has 1 aliphatic rings. The Morgan fingerprint density at radius 1 is 1.31 bits per heavy atom. The molecule has 4 rings (SSSR count). The van der Waals surface area contributed by atoms with E-state index in [1.807, 2.05) is 0 Å². The van der Waals surface area contributed by atoms with Crippen LogP contribution in [0.4, 0.5) is 4.39 Å². The van der Waals surface area contributed by atoms with Crippen LogP contribution in [0.15, 0.2) is 41.1 Å². The van der Waals surface area contributed by atoms with Crippen LogP contribution in [0.3, 0.4) is 0 Å². The first-order chi connectivity index (χ1) is 12.5. The van der Waals surface area contributed by atoms with Gasteiger partial charge in [0, 0.05) is 23.4 Å². The highest BCUT2D eigenvalue weighted by Crippen LogP contribution is 2.29. The van der Waals surface area contributed by atoms with Crippen molar-refractivity contribution in [2.45, 2.75) is 25.8 Å². The third-order valence-electron chi connectivity index (χ3n) is 4.32. The van der Waals surface area contributed by atoms with Crippen LogP contribution in [0.5, 0.6) is 0 Å². The van der Waals surface area contributed by atoms with Crippen LogP contribution in [0.1, 0.15) is 45.0 Å². The van der Waals surface area contributed by atoms with E-state index in [1.165, 1.54) is 24.4 Å². The van der Waals surface area contributed by atoms with E-state index in [0.717, 1.165) is 12.8 Å². The van der Waals surface area contributed by atoms with Gasteiger partial charge in [0.15, 0.2) is 5.78 Å². The number of aromatic amines is 1. The first-order valence-electron chi connectivity index (χ1n) is 8.29. The average molecular weight is 353 g/mol. The fraction of sp³-hybridized carbons (Fsp3) is 0.211. The Kier molecular flexibility index (Phi) is 3.91. The Hall–Kier alpha value is -3.22. The smallest absolute Gasteiger partial charge is 0.267 e. The van der Waals surface area contributed by atoms with Gasteiger partial charge in [0.05, 0.1) is 5.56 Å². The zero-order chi connectivity index (χ0) is 18.3. The molecular formula is C19H16FN3O3. The summed E-state index contributed by atoms with van der Waals surface area (Å²) in [5.74, 6) is -0.835. The largest absolute Gasteiger partial charge is 0.360 e. The highest BCUT2D eigenvalue weighted by Gasteiger charge is 2.27. The molecule has 26 heavy (non-hydrogen) atoms. The third kappa shape index (κ3) is 2.92. The van der Waals surface area contributed by atoms with Crippen molar-refractivity contribution < 1.29 is 18.5 Å². The number of hydrogen-bond donors (Lipinski definition) is 2. The molecule has 0 atom stereocenters. The van der Waals surface area contributed by atoms with Gasteiger partial charge in [0.1, 0.15) is 23.0 Å². The van der Waals surface area contributed by atoms with E-state index in [4.69, 9.17) is 4.52 Å². The molecule has 3 aromatic rings. The summed E-state index contributed by atoms with van der Waals surface area (Å²) in [5, 5.41) is 6.71. The summed E-state index contributed by atoms with van der Waals surface area (Å²) in [7, 11) is 0. The molecule has 1 aromatic carbocycles. The van der Waals surface area contributed by atoms with Crippen molar-refractivity contribution >= 4 is 11.7 Å². The minimum absolute atomic E-state index is 0.149. The number of benzene rings is 1. The molecule has 6 nitrogen and oxygen atoms in total. The van der Waals surface area contributed by atoms with Crippen molar-refractivity contribution in [2.24, 2.45) is 0 Å². The van der Waals surface area contributed by atoms with Gasteiger partial charge in [0.2, 0.25) is 0 Å². The van der Waals surface area contributed by atoms with Crippen LogP contribution in [0.2, 0.25) is 0 Å². The van der Waals surface area contributed by atoms with E-state index in [-0.39, 0.29) is 40.1 Å². The van der Waals surface area contributed by atoms with Gasteiger partial charge in [-0.15, -0.1) is 0 Å². The summed E-state index contributed by atoms with van der Waals surface area (Å²) < 4.78 is 19.3. The van der Waals surface area contributed by atoms with Gasteiger partial charge in [-0.25, -0.2) is 4.39 Å². The second kappa shape index (κ2) is 6.25. The molecule has 132 valence electrons. The quantitative estimate of drug-likeness (QED) is 0.689. The molecule has 2 aromatic heterocycles. The van der Waals surface area contributed by atoms with Gasteiger partial charge >= 0.3 is 0 Å². The topological polar surface area (TPSA) is 88.0 Å². The number of rotatable bonds is 5. The second-order valence-electron chi connectivity index (χ2n) is 6.32. The molecule has 0 spiro atoms. The Morgan fingerprint density at radius 3 is 2.81 bits per heavy atom. The predicted molar refractivity (Wildman–Crippen MR) is 91.3 cm³/mol. The van der Waals surface area contributed by atoms with Crippen molar-refractivity contribution in [3.05, 3.63) is 64.9 Å². The first-order valence-corrected chi connectivity index (χ1v) is 8.29. The number of halogens is 1. The number of hydrogen-bond acceptors (Lipinski definition) is 4. The van der Waals surface area contributed by atoms with Crippen LogP contribution in [0.25, 0.3) is 11.3 Å². The molecule has 1 saturated carbocycles. The number of nitrogens with one attached hydrogen (secondary N) is 2. The van der Waals surface area contributed by atoms with Crippen LogP contribution in [-0.2, 0) is 0 Å². The predicted octanol–water partition coefficient (Wildman–Crippen LogP) is 3.24. The average Bonchev–Trinajstić information content (AvgIpc) is 3.16.